The Bertz CT molecular complexity index is 790. The van der Waals surface area contributed by atoms with Crippen molar-refractivity contribution < 1.29 is 23.5 Å². The predicted octanol–water partition coefficient (Wildman–Crippen LogP) is 3.55. The van der Waals surface area contributed by atoms with E-state index in [0.717, 1.165) is 0 Å². The fraction of sp³-hybridized carbons (Fsp3) is 0.440. The number of esters is 2. The Morgan fingerprint density at radius 1 is 0.839 bits per heavy atom. The Morgan fingerprint density at radius 3 is 1.61 bits per heavy atom. The van der Waals surface area contributed by atoms with Gasteiger partial charge in [0, 0.05) is 6.61 Å². The number of hydrogen-bond acceptors (Lipinski definition) is 5. The maximum atomic E-state index is 12.1. The predicted molar refractivity (Wildman–Crippen MR) is 125 cm³/mol. The summed E-state index contributed by atoms with van der Waals surface area (Å²) >= 11 is 0. The molecule has 0 bridgehead atoms. The van der Waals surface area contributed by atoms with Gasteiger partial charge in [0.1, 0.15) is 0 Å². The molecule has 0 unspecified atom stereocenters. The molecule has 0 spiro atoms. The highest BCUT2D eigenvalue weighted by molar-refractivity contribution is 6.99. The third kappa shape index (κ3) is 5.63. The lowest BCUT2D eigenvalue weighted by Gasteiger charge is -2.43. The van der Waals surface area contributed by atoms with E-state index < -0.39 is 26.2 Å². The van der Waals surface area contributed by atoms with E-state index in [2.05, 4.69) is 45.0 Å². The highest BCUT2D eigenvalue weighted by atomic mass is 28.4. The molecule has 31 heavy (non-hydrogen) atoms. The van der Waals surface area contributed by atoms with Gasteiger partial charge in [-0.25, -0.2) is 0 Å². The van der Waals surface area contributed by atoms with Crippen LogP contribution in [0.3, 0.4) is 0 Å². The number of rotatable bonds is 9. The quantitative estimate of drug-likeness (QED) is 0.338. The van der Waals surface area contributed by atoms with Gasteiger partial charge in [-0.3, -0.25) is 9.59 Å². The molecule has 0 saturated heterocycles. The van der Waals surface area contributed by atoms with E-state index in [1.807, 2.05) is 43.3 Å². The van der Waals surface area contributed by atoms with Crippen molar-refractivity contribution in [3.05, 3.63) is 60.7 Å². The Balaban J connectivity index is 2.38. The molecule has 0 saturated carbocycles. The molecule has 0 amide bonds. The van der Waals surface area contributed by atoms with Crippen molar-refractivity contribution in [2.75, 3.05) is 20.8 Å². The van der Waals surface area contributed by atoms with E-state index in [4.69, 9.17) is 13.9 Å². The zero-order valence-electron chi connectivity index (χ0n) is 19.4. The first kappa shape index (κ1) is 24.8. The molecule has 5 nitrogen and oxygen atoms in total. The monoisotopic (exact) mass is 442 g/mol. The van der Waals surface area contributed by atoms with Gasteiger partial charge in [-0.2, -0.15) is 0 Å². The van der Waals surface area contributed by atoms with Crippen molar-refractivity contribution in [2.45, 2.75) is 39.2 Å². The molecular weight excluding hydrogens is 408 g/mol. The van der Waals surface area contributed by atoms with Gasteiger partial charge in [-0.15, -0.1) is 0 Å². The van der Waals surface area contributed by atoms with Gasteiger partial charge in [0.15, 0.2) is 5.92 Å². The van der Waals surface area contributed by atoms with Crippen molar-refractivity contribution in [1.29, 1.82) is 0 Å². The van der Waals surface area contributed by atoms with Gasteiger partial charge in [0.25, 0.3) is 8.32 Å². The fourth-order valence-electron chi connectivity index (χ4n) is 4.07. The summed E-state index contributed by atoms with van der Waals surface area (Å²) in [4.78, 5) is 24.2. The van der Waals surface area contributed by atoms with Gasteiger partial charge < -0.3 is 13.9 Å². The first-order valence-corrected chi connectivity index (χ1v) is 12.5. The van der Waals surface area contributed by atoms with Gasteiger partial charge in [0.05, 0.1) is 14.2 Å². The highest BCUT2D eigenvalue weighted by Gasteiger charge is 2.50. The van der Waals surface area contributed by atoms with Gasteiger partial charge in [0.2, 0.25) is 0 Å². The van der Waals surface area contributed by atoms with E-state index in [0.29, 0.717) is 13.0 Å². The summed E-state index contributed by atoms with van der Waals surface area (Å²) in [6.45, 7) is 9.05. The van der Waals surface area contributed by atoms with Crippen LogP contribution in [0.25, 0.3) is 0 Å². The number of hydrogen-bond donors (Lipinski definition) is 0. The summed E-state index contributed by atoms with van der Waals surface area (Å²) in [7, 11) is -0.107. The standard InChI is InChI=1S/C25H34O5Si/c1-19(17-22(23(26)28-5)24(27)29-6)18-30-31(25(2,3)4,20-13-9-7-10-14-20)21-15-11-8-12-16-21/h7-16,19,22H,17-18H2,1-6H3/t19-/m1/s1. The largest absolute Gasteiger partial charge is 0.468 e. The van der Waals surface area contributed by atoms with Crippen LogP contribution in [0.2, 0.25) is 5.04 Å². The normalized spacial score (nSPS) is 13.0. The van der Waals surface area contributed by atoms with Gasteiger partial charge in [-0.05, 0) is 27.8 Å². The van der Waals surface area contributed by atoms with Gasteiger partial charge in [-0.1, -0.05) is 88.4 Å². The molecule has 0 radical (unpaired) electrons. The molecule has 0 aliphatic carbocycles. The minimum absolute atomic E-state index is 0.0511. The van der Waals surface area contributed by atoms with Crippen LogP contribution in [-0.2, 0) is 23.5 Å². The van der Waals surface area contributed by atoms with Crippen molar-refractivity contribution in [1.82, 2.24) is 0 Å². The van der Waals surface area contributed by atoms with Gasteiger partial charge >= 0.3 is 11.9 Å². The zero-order valence-corrected chi connectivity index (χ0v) is 20.4. The minimum atomic E-state index is -2.67. The fourth-order valence-corrected chi connectivity index (χ4v) is 8.76. The minimum Gasteiger partial charge on any atom is -0.468 e. The van der Waals surface area contributed by atoms with Crippen LogP contribution >= 0.6 is 0 Å². The van der Waals surface area contributed by atoms with Crippen LogP contribution in [0, 0.1) is 11.8 Å². The van der Waals surface area contributed by atoms with Crippen LogP contribution in [0.5, 0.6) is 0 Å². The van der Waals surface area contributed by atoms with E-state index in [9.17, 15) is 9.59 Å². The van der Waals surface area contributed by atoms with Crippen LogP contribution in [0.1, 0.15) is 34.1 Å². The molecule has 2 rings (SSSR count). The molecular formula is C25H34O5Si. The summed E-state index contributed by atoms with van der Waals surface area (Å²) in [6, 6.07) is 20.8. The molecule has 2 aromatic carbocycles. The van der Waals surface area contributed by atoms with Crippen molar-refractivity contribution in [2.24, 2.45) is 11.8 Å². The Morgan fingerprint density at radius 2 is 1.26 bits per heavy atom. The van der Waals surface area contributed by atoms with Crippen LogP contribution in [-0.4, -0.2) is 41.1 Å². The summed E-state index contributed by atoms with van der Waals surface area (Å²) in [6.07, 6.45) is 0.303. The molecule has 1 atom stereocenters. The second-order valence-electron chi connectivity index (χ2n) is 8.91. The second kappa shape index (κ2) is 10.7. The zero-order chi connectivity index (χ0) is 23.1. The number of ether oxygens (including phenoxy) is 2. The number of carbonyl (C=O) groups excluding carboxylic acids is 2. The molecule has 168 valence electrons. The summed E-state index contributed by atoms with van der Waals surface area (Å²) in [5.41, 5.74) is 0. The molecule has 0 heterocycles. The number of benzene rings is 2. The topological polar surface area (TPSA) is 61.8 Å². The van der Waals surface area contributed by atoms with Crippen LogP contribution < -0.4 is 10.4 Å². The molecule has 0 aromatic heterocycles. The van der Waals surface area contributed by atoms with E-state index in [1.54, 1.807) is 0 Å². The molecule has 0 aliphatic heterocycles. The molecule has 6 heteroatoms. The first-order chi connectivity index (χ1) is 14.7. The lowest BCUT2D eigenvalue weighted by molar-refractivity contribution is -0.159. The van der Waals surface area contributed by atoms with E-state index >= 15 is 0 Å². The molecule has 0 fully saturated rings. The van der Waals surface area contributed by atoms with Crippen LogP contribution in [0.15, 0.2) is 60.7 Å². The maximum Gasteiger partial charge on any atom is 0.320 e. The van der Waals surface area contributed by atoms with Crippen molar-refractivity contribution in [3.8, 4) is 0 Å². The Hall–Kier alpha value is -2.44. The SMILES string of the molecule is COC(=O)C(C[C@@H](C)CO[Si](c1ccccc1)(c1ccccc1)C(C)(C)C)C(=O)OC. The summed E-state index contributed by atoms with van der Waals surface area (Å²) < 4.78 is 16.5. The van der Waals surface area contributed by atoms with E-state index in [-0.39, 0.29) is 11.0 Å². The Kier molecular flexibility index (Phi) is 8.59. The smallest absolute Gasteiger partial charge is 0.320 e. The van der Waals surface area contributed by atoms with Crippen LogP contribution in [0.4, 0.5) is 0 Å². The average molecular weight is 443 g/mol. The first-order valence-electron chi connectivity index (χ1n) is 10.6. The summed E-state index contributed by atoms with van der Waals surface area (Å²) in [5, 5.41) is 2.25. The molecule has 0 aliphatic rings. The maximum absolute atomic E-state index is 12.1. The highest BCUT2D eigenvalue weighted by Crippen LogP contribution is 2.37. The lowest BCUT2D eigenvalue weighted by Crippen LogP contribution is -2.66. The second-order valence-corrected chi connectivity index (χ2v) is 13.2. The number of methoxy groups -OCH3 is 2. The lowest BCUT2D eigenvalue weighted by atomic mass is 9.96. The summed E-state index contributed by atoms with van der Waals surface area (Å²) in [5.74, 6) is -2.16. The third-order valence-corrected chi connectivity index (χ3v) is 10.6. The van der Waals surface area contributed by atoms with E-state index in [1.165, 1.54) is 24.6 Å². The van der Waals surface area contributed by atoms with Crippen molar-refractivity contribution in [3.63, 3.8) is 0 Å². The molecule has 0 N–H and O–H groups in total. The van der Waals surface area contributed by atoms with Crippen molar-refractivity contribution >= 4 is 30.6 Å². The number of carbonyl (C=O) groups is 2. The average Bonchev–Trinajstić information content (AvgIpc) is 2.77. The molecule has 2 aromatic rings. The Labute approximate surface area is 186 Å². The third-order valence-electron chi connectivity index (χ3n) is 5.61.